The van der Waals surface area contributed by atoms with Crippen molar-refractivity contribution in [1.29, 1.82) is 0 Å². The van der Waals surface area contributed by atoms with E-state index in [1.54, 1.807) is 16.2 Å². The highest BCUT2D eigenvalue weighted by atomic mass is 32.1. The van der Waals surface area contributed by atoms with Crippen LogP contribution in [0.4, 0.5) is 0 Å². The van der Waals surface area contributed by atoms with E-state index in [1.165, 1.54) is 0 Å². The lowest BCUT2D eigenvalue weighted by molar-refractivity contribution is -0.140. The van der Waals surface area contributed by atoms with Gasteiger partial charge in [-0.3, -0.25) is 9.59 Å². The molecule has 1 aromatic rings. The van der Waals surface area contributed by atoms with E-state index in [1.807, 2.05) is 12.3 Å². The molecule has 2 heterocycles. The summed E-state index contributed by atoms with van der Waals surface area (Å²) in [6.45, 7) is 3.22. The highest BCUT2D eigenvalue weighted by molar-refractivity contribution is 7.09. The van der Waals surface area contributed by atoms with E-state index < -0.39 is 5.97 Å². The number of aryl methyl sites for hydroxylation is 1. The monoisotopic (exact) mass is 282 g/mol. The van der Waals surface area contributed by atoms with Crippen molar-refractivity contribution in [2.75, 3.05) is 13.1 Å². The summed E-state index contributed by atoms with van der Waals surface area (Å²) >= 11 is 1.54. The van der Waals surface area contributed by atoms with Crippen LogP contribution < -0.4 is 0 Å². The quantitative estimate of drug-likeness (QED) is 0.912. The van der Waals surface area contributed by atoms with Gasteiger partial charge in [-0.15, -0.1) is 11.3 Å². The van der Waals surface area contributed by atoms with Crippen molar-refractivity contribution in [3.8, 4) is 0 Å². The Morgan fingerprint density at radius 3 is 3.00 bits per heavy atom. The minimum Gasteiger partial charge on any atom is -0.481 e. The molecule has 1 unspecified atom stereocenters. The number of aliphatic carboxylic acids is 1. The molecule has 0 radical (unpaired) electrons. The molecule has 1 saturated heterocycles. The highest BCUT2D eigenvalue weighted by Gasteiger charge is 2.25. The van der Waals surface area contributed by atoms with Gasteiger partial charge in [0.2, 0.25) is 5.91 Å². The average molecular weight is 282 g/mol. The van der Waals surface area contributed by atoms with Crippen LogP contribution in [0.5, 0.6) is 0 Å². The Labute approximate surface area is 116 Å². The first-order valence-corrected chi connectivity index (χ1v) is 7.33. The number of rotatable bonds is 4. The highest BCUT2D eigenvalue weighted by Crippen LogP contribution is 2.20. The molecule has 1 atom stereocenters. The number of piperidine rings is 1. The molecule has 1 aliphatic rings. The van der Waals surface area contributed by atoms with Gasteiger partial charge in [-0.25, -0.2) is 4.98 Å². The van der Waals surface area contributed by atoms with Gasteiger partial charge in [0.25, 0.3) is 0 Å². The van der Waals surface area contributed by atoms with Gasteiger partial charge in [-0.1, -0.05) is 0 Å². The predicted octanol–water partition coefficient (Wildman–Crippen LogP) is 1.71. The Kier molecular flexibility index (Phi) is 4.52. The summed E-state index contributed by atoms with van der Waals surface area (Å²) in [7, 11) is 0. The van der Waals surface area contributed by atoms with E-state index in [0.717, 1.165) is 30.1 Å². The second kappa shape index (κ2) is 6.14. The normalized spacial score (nSPS) is 19.4. The molecule has 1 aromatic heterocycles. The van der Waals surface area contributed by atoms with Gasteiger partial charge in [0.1, 0.15) is 0 Å². The van der Waals surface area contributed by atoms with Crippen molar-refractivity contribution in [2.24, 2.45) is 5.92 Å². The fourth-order valence-electron chi connectivity index (χ4n) is 2.46. The molecule has 0 bridgehead atoms. The van der Waals surface area contributed by atoms with E-state index in [-0.39, 0.29) is 18.2 Å². The van der Waals surface area contributed by atoms with Crippen molar-refractivity contribution in [3.63, 3.8) is 0 Å². The van der Waals surface area contributed by atoms with Crippen LogP contribution in [0.2, 0.25) is 0 Å². The van der Waals surface area contributed by atoms with Crippen LogP contribution in [-0.2, 0) is 16.0 Å². The first-order valence-electron chi connectivity index (χ1n) is 6.45. The molecule has 19 heavy (non-hydrogen) atoms. The molecule has 1 fully saturated rings. The molecular weight excluding hydrogens is 264 g/mol. The Morgan fingerprint density at radius 1 is 1.58 bits per heavy atom. The summed E-state index contributed by atoms with van der Waals surface area (Å²) in [5.41, 5.74) is 0.813. The van der Waals surface area contributed by atoms with Crippen molar-refractivity contribution in [2.45, 2.75) is 32.6 Å². The van der Waals surface area contributed by atoms with Gasteiger partial charge in [-0.05, 0) is 25.7 Å². The number of carboxylic acid groups (broad SMARTS) is 1. The molecule has 0 aliphatic carbocycles. The van der Waals surface area contributed by atoms with E-state index in [2.05, 4.69) is 4.98 Å². The van der Waals surface area contributed by atoms with Gasteiger partial charge < -0.3 is 10.0 Å². The molecule has 0 saturated carbocycles. The number of thiazole rings is 1. The van der Waals surface area contributed by atoms with Crippen LogP contribution in [-0.4, -0.2) is 40.0 Å². The third-order valence-electron chi connectivity index (χ3n) is 3.33. The molecule has 0 aromatic carbocycles. The van der Waals surface area contributed by atoms with Crippen molar-refractivity contribution < 1.29 is 14.7 Å². The molecule has 1 N–H and O–H groups in total. The SMILES string of the molecule is Cc1nc(CC(=O)N2CCCC(CC(=O)O)C2)cs1. The summed E-state index contributed by atoms with van der Waals surface area (Å²) in [6.07, 6.45) is 2.26. The van der Waals surface area contributed by atoms with Crippen LogP contribution in [0, 0.1) is 12.8 Å². The molecule has 0 spiro atoms. The lowest BCUT2D eigenvalue weighted by atomic mass is 9.94. The maximum atomic E-state index is 12.2. The predicted molar refractivity (Wildman–Crippen MR) is 72.1 cm³/mol. The van der Waals surface area contributed by atoms with E-state index in [9.17, 15) is 9.59 Å². The lowest BCUT2D eigenvalue weighted by Gasteiger charge is -2.32. The summed E-state index contributed by atoms with van der Waals surface area (Å²) in [5, 5.41) is 11.7. The number of hydrogen-bond acceptors (Lipinski definition) is 4. The molecule has 1 aliphatic heterocycles. The fourth-order valence-corrected chi connectivity index (χ4v) is 3.07. The largest absolute Gasteiger partial charge is 0.481 e. The van der Waals surface area contributed by atoms with Crippen LogP contribution in [0.25, 0.3) is 0 Å². The second-order valence-electron chi connectivity index (χ2n) is 4.98. The number of hydrogen-bond donors (Lipinski definition) is 1. The van der Waals surface area contributed by atoms with Crippen molar-refractivity contribution in [1.82, 2.24) is 9.88 Å². The minimum atomic E-state index is -0.783. The van der Waals surface area contributed by atoms with Gasteiger partial charge in [-0.2, -0.15) is 0 Å². The summed E-state index contributed by atoms with van der Waals surface area (Å²) in [6, 6.07) is 0. The average Bonchev–Trinajstić information content (AvgIpc) is 2.74. The van der Waals surface area contributed by atoms with Crippen LogP contribution in [0.15, 0.2) is 5.38 Å². The van der Waals surface area contributed by atoms with E-state index in [0.29, 0.717) is 13.0 Å². The second-order valence-corrected chi connectivity index (χ2v) is 6.04. The number of carbonyl (C=O) groups is 2. The van der Waals surface area contributed by atoms with Crippen LogP contribution in [0.1, 0.15) is 30.0 Å². The summed E-state index contributed by atoms with van der Waals surface area (Å²) in [4.78, 5) is 29.0. The first-order chi connectivity index (χ1) is 9.04. The van der Waals surface area contributed by atoms with Gasteiger partial charge in [0.05, 0.1) is 17.1 Å². The Hall–Kier alpha value is -1.43. The number of carbonyl (C=O) groups excluding carboxylic acids is 1. The lowest BCUT2D eigenvalue weighted by Crippen LogP contribution is -2.41. The molecule has 1 amide bonds. The minimum absolute atomic E-state index is 0.0559. The van der Waals surface area contributed by atoms with E-state index >= 15 is 0 Å². The smallest absolute Gasteiger partial charge is 0.303 e. The topological polar surface area (TPSA) is 70.5 Å². The Balaban J connectivity index is 1.89. The Bertz CT molecular complexity index is 472. The third kappa shape index (κ3) is 4.02. The zero-order chi connectivity index (χ0) is 13.8. The van der Waals surface area contributed by atoms with Gasteiger partial charge >= 0.3 is 5.97 Å². The van der Waals surface area contributed by atoms with E-state index in [4.69, 9.17) is 5.11 Å². The summed E-state index contributed by atoms with van der Waals surface area (Å²) < 4.78 is 0. The zero-order valence-electron chi connectivity index (χ0n) is 11.0. The van der Waals surface area contributed by atoms with Crippen LogP contribution >= 0.6 is 11.3 Å². The van der Waals surface area contributed by atoms with Crippen molar-refractivity contribution >= 4 is 23.2 Å². The van der Waals surface area contributed by atoms with Gasteiger partial charge in [0, 0.05) is 24.9 Å². The molecule has 6 heteroatoms. The third-order valence-corrected chi connectivity index (χ3v) is 4.16. The van der Waals surface area contributed by atoms with Gasteiger partial charge in [0.15, 0.2) is 0 Å². The molecular formula is C13H18N2O3S. The number of carboxylic acids is 1. The van der Waals surface area contributed by atoms with Crippen molar-refractivity contribution in [3.05, 3.63) is 16.1 Å². The number of aromatic nitrogens is 1. The fraction of sp³-hybridized carbons (Fsp3) is 0.615. The maximum Gasteiger partial charge on any atom is 0.303 e. The molecule has 2 rings (SSSR count). The standard InChI is InChI=1S/C13H18N2O3S/c1-9-14-11(8-19-9)6-12(16)15-4-2-3-10(7-15)5-13(17)18/h8,10H,2-7H2,1H3,(H,17,18). The number of nitrogens with zero attached hydrogens (tertiary/aromatic N) is 2. The number of amides is 1. The maximum absolute atomic E-state index is 12.2. The number of likely N-dealkylation sites (tertiary alicyclic amines) is 1. The Morgan fingerprint density at radius 2 is 2.37 bits per heavy atom. The van der Waals surface area contributed by atoms with Crippen LogP contribution in [0.3, 0.4) is 0 Å². The summed E-state index contributed by atoms with van der Waals surface area (Å²) in [5.74, 6) is -0.637. The first kappa shape index (κ1) is 14.0. The molecule has 104 valence electrons. The zero-order valence-corrected chi connectivity index (χ0v) is 11.8. The molecule has 5 nitrogen and oxygen atoms in total.